The molecule has 8 nitrogen and oxygen atoms in total. The largest absolute Gasteiger partial charge is 0.478 e. The molecule has 3 fully saturated rings. The predicted molar refractivity (Wildman–Crippen MR) is 149 cm³/mol. The lowest BCUT2D eigenvalue weighted by molar-refractivity contribution is 0.0531. The molecular formula is C28H35Cl2N5O3. The molecule has 1 aromatic carbocycles. The van der Waals surface area contributed by atoms with Gasteiger partial charge in [0.25, 0.3) is 5.91 Å². The summed E-state index contributed by atoms with van der Waals surface area (Å²) in [7, 11) is 0. The van der Waals surface area contributed by atoms with Crippen LogP contribution in [0.2, 0.25) is 10.0 Å². The van der Waals surface area contributed by atoms with E-state index in [4.69, 9.17) is 23.2 Å². The topological polar surface area (TPSA) is 89.0 Å². The van der Waals surface area contributed by atoms with Crippen LogP contribution in [-0.4, -0.2) is 82.6 Å². The van der Waals surface area contributed by atoms with Gasteiger partial charge in [0.2, 0.25) is 0 Å². The van der Waals surface area contributed by atoms with E-state index in [9.17, 15) is 14.7 Å². The fourth-order valence-corrected chi connectivity index (χ4v) is 6.95. The number of carbonyl (C=O) groups is 2. The number of benzene rings is 1. The first-order chi connectivity index (χ1) is 18.4. The standard InChI is InChI=1S/C28H35Cl2N5O3/c1-2-31-27(36)19-14-23(30)26(32-16-19)35-13-12-34(24-4-3-5-25(24)35)21-8-10-33(11-9-21)17-18-6-7-20(29)15-22(18)28(37)38/h6-7,14-16,21,24-25H,2-5,8-13,17H2,1H3,(H,31,36)(H,37,38)/t24-,25+/m0/s1. The van der Waals surface area contributed by atoms with Gasteiger partial charge in [0.15, 0.2) is 0 Å². The lowest BCUT2D eigenvalue weighted by Gasteiger charge is -2.50. The monoisotopic (exact) mass is 559 g/mol. The van der Waals surface area contributed by atoms with Gasteiger partial charge in [0.1, 0.15) is 5.82 Å². The number of halogens is 2. The van der Waals surface area contributed by atoms with Gasteiger partial charge >= 0.3 is 5.97 Å². The molecule has 3 heterocycles. The van der Waals surface area contributed by atoms with Gasteiger partial charge in [0, 0.05) is 55.5 Å². The number of fused-ring (bicyclic) bond motifs is 1. The molecule has 1 aromatic heterocycles. The highest BCUT2D eigenvalue weighted by molar-refractivity contribution is 6.33. The van der Waals surface area contributed by atoms with E-state index in [2.05, 4.69) is 25.0 Å². The summed E-state index contributed by atoms with van der Waals surface area (Å²) in [5, 5.41) is 13.4. The van der Waals surface area contributed by atoms with Crippen molar-refractivity contribution in [1.82, 2.24) is 20.1 Å². The number of carboxylic acid groups (broad SMARTS) is 1. The first-order valence-corrected chi connectivity index (χ1v) is 14.3. The summed E-state index contributed by atoms with van der Waals surface area (Å²) in [5.74, 6) is -0.308. The molecule has 2 aliphatic heterocycles. The van der Waals surface area contributed by atoms with Gasteiger partial charge in [0.05, 0.1) is 16.1 Å². The molecular weight excluding hydrogens is 525 g/mol. The van der Waals surface area contributed by atoms with E-state index in [1.54, 1.807) is 24.4 Å². The Labute approximate surface area is 233 Å². The van der Waals surface area contributed by atoms with Crippen LogP contribution in [0.1, 0.15) is 65.3 Å². The van der Waals surface area contributed by atoms with Gasteiger partial charge in [-0.1, -0.05) is 29.3 Å². The lowest BCUT2D eigenvalue weighted by Crippen LogP contribution is -2.61. The Balaban J connectivity index is 1.22. The summed E-state index contributed by atoms with van der Waals surface area (Å²) >= 11 is 12.7. The molecule has 0 unspecified atom stereocenters. The number of rotatable bonds is 7. The fourth-order valence-electron chi connectivity index (χ4n) is 6.51. The number of nitrogens with one attached hydrogen (secondary N) is 1. The number of aromatic nitrogens is 1. The molecule has 2 saturated heterocycles. The van der Waals surface area contributed by atoms with Crippen LogP contribution in [0.5, 0.6) is 0 Å². The second kappa shape index (κ2) is 11.8. The number of nitrogens with zero attached hydrogens (tertiary/aromatic N) is 4. The van der Waals surface area contributed by atoms with Crippen LogP contribution in [0.25, 0.3) is 0 Å². The van der Waals surface area contributed by atoms with Crippen molar-refractivity contribution < 1.29 is 14.7 Å². The first kappa shape index (κ1) is 27.2. The molecule has 1 saturated carbocycles. The van der Waals surface area contributed by atoms with E-state index in [1.807, 2.05) is 13.0 Å². The molecule has 3 aliphatic rings. The molecule has 10 heteroatoms. The maximum Gasteiger partial charge on any atom is 0.336 e. The Bertz CT molecular complexity index is 1190. The molecule has 204 valence electrons. The summed E-state index contributed by atoms with van der Waals surface area (Å²) in [4.78, 5) is 36.0. The van der Waals surface area contributed by atoms with Gasteiger partial charge in [-0.15, -0.1) is 0 Å². The molecule has 0 spiro atoms. The minimum Gasteiger partial charge on any atom is -0.478 e. The highest BCUT2D eigenvalue weighted by Gasteiger charge is 2.43. The van der Waals surface area contributed by atoms with Gasteiger partial charge < -0.3 is 15.3 Å². The van der Waals surface area contributed by atoms with Crippen LogP contribution in [0.4, 0.5) is 5.82 Å². The molecule has 0 radical (unpaired) electrons. The van der Waals surface area contributed by atoms with Gasteiger partial charge in [-0.25, -0.2) is 9.78 Å². The van der Waals surface area contributed by atoms with Crippen LogP contribution in [0, 0.1) is 0 Å². The number of aromatic carboxylic acids is 1. The molecule has 2 atom stereocenters. The third-order valence-electron chi connectivity index (χ3n) is 8.29. The highest BCUT2D eigenvalue weighted by Crippen LogP contribution is 2.38. The Morgan fingerprint density at radius 2 is 1.82 bits per heavy atom. The number of amides is 1. The number of pyridine rings is 1. The fraction of sp³-hybridized carbons (Fsp3) is 0.536. The second-order valence-electron chi connectivity index (χ2n) is 10.5. The molecule has 2 aromatic rings. The number of piperazine rings is 1. The number of anilines is 1. The number of hydrogen-bond acceptors (Lipinski definition) is 6. The van der Waals surface area contributed by atoms with Gasteiger partial charge in [-0.05, 0) is 75.9 Å². The highest BCUT2D eigenvalue weighted by atomic mass is 35.5. The average molecular weight is 561 g/mol. The van der Waals surface area contributed by atoms with E-state index in [0.717, 1.165) is 56.8 Å². The van der Waals surface area contributed by atoms with Crippen LogP contribution < -0.4 is 10.2 Å². The summed E-state index contributed by atoms with van der Waals surface area (Å²) in [6.45, 7) is 6.79. The normalized spacial score (nSPS) is 22.9. The summed E-state index contributed by atoms with van der Waals surface area (Å²) in [6.07, 6.45) is 7.24. The van der Waals surface area contributed by atoms with E-state index < -0.39 is 5.97 Å². The van der Waals surface area contributed by atoms with E-state index in [-0.39, 0.29) is 11.5 Å². The Kier molecular flexibility index (Phi) is 8.43. The average Bonchev–Trinajstić information content (AvgIpc) is 3.40. The molecule has 5 rings (SSSR count). The summed E-state index contributed by atoms with van der Waals surface area (Å²) in [6, 6.07) is 8.24. The van der Waals surface area contributed by atoms with Crippen molar-refractivity contribution in [3.05, 3.63) is 57.2 Å². The minimum absolute atomic E-state index is 0.154. The maximum atomic E-state index is 12.2. The van der Waals surface area contributed by atoms with Gasteiger partial charge in [-0.2, -0.15) is 0 Å². The number of hydrogen-bond donors (Lipinski definition) is 2. The minimum atomic E-state index is -0.934. The van der Waals surface area contributed by atoms with Crippen molar-refractivity contribution in [2.75, 3.05) is 37.6 Å². The van der Waals surface area contributed by atoms with Crippen molar-refractivity contribution in [3.63, 3.8) is 0 Å². The quantitative estimate of drug-likeness (QED) is 0.514. The smallest absolute Gasteiger partial charge is 0.336 e. The molecule has 1 aliphatic carbocycles. The third-order valence-corrected chi connectivity index (χ3v) is 8.80. The maximum absolute atomic E-state index is 12.2. The Morgan fingerprint density at radius 3 is 2.53 bits per heavy atom. The summed E-state index contributed by atoms with van der Waals surface area (Å²) < 4.78 is 0. The predicted octanol–water partition coefficient (Wildman–Crippen LogP) is 4.54. The number of piperidine rings is 1. The molecule has 2 N–H and O–H groups in total. The molecule has 38 heavy (non-hydrogen) atoms. The van der Waals surface area contributed by atoms with Crippen LogP contribution in [-0.2, 0) is 6.54 Å². The van der Waals surface area contributed by atoms with Crippen molar-refractivity contribution in [3.8, 4) is 0 Å². The first-order valence-electron chi connectivity index (χ1n) is 13.6. The zero-order valence-electron chi connectivity index (χ0n) is 21.7. The number of carboxylic acids is 1. The van der Waals surface area contributed by atoms with Crippen molar-refractivity contribution in [2.45, 2.75) is 63.7 Å². The Hall–Kier alpha value is -2.39. The zero-order chi connectivity index (χ0) is 26.8. The van der Waals surface area contributed by atoms with Crippen LogP contribution in [0.15, 0.2) is 30.5 Å². The van der Waals surface area contributed by atoms with Crippen molar-refractivity contribution in [1.29, 1.82) is 0 Å². The third kappa shape index (κ3) is 5.64. The summed E-state index contributed by atoms with van der Waals surface area (Å²) in [5.41, 5.74) is 1.59. The van der Waals surface area contributed by atoms with Crippen LogP contribution in [0.3, 0.4) is 0 Å². The molecule has 1 amide bonds. The second-order valence-corrected chi connectivity index (χ2v) is 11.3. The lowest BCUT2D eigenvalue weighted by atomic mass is 9.96. The zero-order valence-corrected chi connectivity index (χ0v) is 23.2. The Morgan fingerprint density at radius 1 is 1.05 bits per heavy atom. The van der Waals surface area contributed by atoms with Crippen molar-refractivity contribution in [2.24, 2.45) is 0 Å². The van der Waals surface area contributed by atoms with E-state index >= 15 is 0 Å². The SMILES string of the molecule is CCNC(=O)c1cnc(N2CCN(C3CCN(Cc4ccc(Cl)cc4C(=O)O)CC3)[C@H]3CCC[C@H]32)c(Cl)c1. The van der Waals surface area contributed by atoms with E-state index in [0.29, 0.717) is 46.8 Å². The van der Waals surface area contributed by atoms with Crippen molar-refractivity contribution >= 4 is 40.9 Å². The van der Waals surface area contributed by atoms with E-state index in [1.165, 1.54) is 12.8 Å². The number of carbonyl (C=O) groups excluding carboxylic acids is 1. The van der Waals surface area contributed by atoms with Gasteiger partial charge in [-0.3, -0.25) is 14.6 Å². The molecule has 0 bridgehead atoms. The van der Waals surface area contributed by atoms with Crippen LogP contribution >= 0.6 is 23.2 Å². The number of likely N-dealkylation sites (tertiary alicyclic amines) is 1.